The van der Waals surface area contributed by atoms with Crippen LogP contribution in [0, 0.1) is 0 Å². The van der Waals surface area contributed by atoms with Crippen LogP contribution in [0.3, 0.4) is 0 Å². The Bertz CT molecular complexity index is 3020. The van der Waals surface area contributed by atoms with Crippen LogP contribution in [0.4, 0.5) is 17.1 Å². The SMILES string of the molecule is CC1(C)c2ccccc2-c2ccc(N(c3ccc(-c4ccccc4)cc3)c3cc(-n4c5ccccc5c5ccccc54)cc4c3sc3ccccc34)cc21. The zero-order valence-corrected chi connectivity index (χ0v) is 30.9. The number of hydrogen-bond acceptors (Lipinski definition) is 2. The Kier molecular flexibility index (Phi) is 6.80. The van der Waals surface area contributed by atoms with Crippen molar-refractivity contribution in [1.29, 1.82) is 0 Å². The molecule has 11 rings (SSSR count). The lowest BCUT2D eigenvalue weighted by Crippen LogP contribution is -2.16. The van der Waals surface area contributed by atoms with Crippen LogP contribution in [-0.2, 0) is 5.41 Å². The monoisotopic (exact) mass is 708 g/mol. The summed E-state index contributed by atoms with van der Waals surface area (Å²) in [5.74, 6) is 0. The third-order valence-electron chi connectivity index (χ3n) is 11.6. The molecule has 0 N–H and O–H groups in total. The van der Waals surface area contributed by atoms with Gasteiger partial charge in [0.15, 0.2) is 0 Å². The fraction of sp³-hybridized carbons (Fsp3) is 0.0588. The van der Waals surface area contributed by atoms with E-state index >= 15 is 0 Å². The van der Waals surface area contributed by atoms with Gasteiger partial charge < -0.3 is 9.47 Å². The maximum absolute atomic E-state index is 2.50. The molecule has 0 atom stereocenters. The lowest BCUT2D eigenvalue weighted by molar-refractivity contribution is 0.660. The molecule has 0 radical (unpaired) electrons. The van der Waals surface area contributed by atoms with Gasteiger partial charge >= 0.3 is 0 Å². The molecule has 3 heteroatoms. The summed E-state index contributed by atoms with van der Waals surface area (Å²) in [5, 5.41) is 5.08. The van der Waals surface area contributed by atoms with Crippen molar-refractivity contribution in [2.75, 3.05) is 4.90 Å². The van der Waals surface area contributed by atoms with Crippen LogP contribution < -0.4 is 4.90 Å². The Labute approximate surface area is 318 Å². The first-order valence-electron chi connectivity index (χ1n) is 18.7. The van der Waals surface area contributed by atoms with E-state index in [1.54, 1.807) is 0 Å². The third kappa shape index (κ3) is 4.58. The second-order valence-corrected chi connectivity index (χ2v) is 16.0. The third-order valence-corrected chi connectivity index (χ3v) is 12.8. The lowest BCUT2D eigenvalue weighted by atomic mass is 9.82. The molecule has 10 aromatic rings. The molecule has 0 unspecified atom stereocenters. The molecule has 0 saturated carbocycles. The minimum absolute atomic E-state index is 0.122. The molecule has 1 aliphatic carbocycles. The number of para-hydroxylation sites is 2. The lowest BCUT2D eigenvalue weighted by Gasteiger charge is -2.29. The zero-order chi connectivity index (χ0) is 36.0. The van der Waals surface area contributed by atoms with Gasteiger partial charge in [-0.25, -0.2) is 0 Å². The maximum Gasteiger partial charge on any atom is 0.0661 e. The van der Waals surface area contributed by atoms with Gasteiger partial charge in [0.05, 0.1) is 21.4 Å². The predicted molar refractivity (Wildman–Crippen MR) is 231 cm³/mol. The number of fused-ring (bicyclic) bond motifs is 9. The normalized spacial score (nSPS) is 13.1. The number of nitrogens with zero attached hydrogens (tertiary/aromatic N) is 2. The average molecular weight is 709 g/mol. The highest BCUT2D eigenvalue weighted by Crippen LogP contribution is 2.52. The quantitative estimate of drug-likeness (QED) is 0.173. The second kappa shape index (κ2) is 11.8. The summed E-state index contributed by atoms with van der Waals surface area (Å²) in [6, 6.07) is 67.1. The molecule has 1 aliphatic rings. The van der Waals surface area contributed by atoms with Gasteiger partial charge in [0.25, 0.3) is 0 Å². The van der Waals surface area contributed by atoms with Crippen LogP contribution >= 0.6 is 11.3 Å². The molecular formula is C51H36N2S. The minimum Gasteiger partial charge on any atom is -0.309 e. The Morgan fingerprint density at radius 1 is 0.463 bits per heavy atom. The van der Waals surface area contributed by atoms with Crippen molar-refractivity contribution in [2.45, 2.75) is 19.3 Å². The molecule has 256 valence electrons. The van der Waals surface area contributed by atoms with Crippen LogP contribution in [0.25, 0.3) is 69.9 Å². The summed E-state index contributed by atoms with van der Waals surface area (Å²) >= 11 is 1.88. The summed E-state index contributed by atoms with van der Waals surface area (Å²) in [6.07, 6.45) is 0. The summed E-state index contributed by atoms with van der Waals surface area (Å²) < 4.78 is 5.02. The molecule has 0 aliphatic heterocycles. The van der Waals surface area contributed by atoms with Crippen LogP contribution in [0.2, 0.25) is 0 Å². The number of thiophene rings is 1. The minimum atomic E-state index is -0.122. The molecule has 2 heterocycles. The van der Waals surface area contributed by atoms with Crippen LogP contribution in [0.1, 0.15) is 25.0 Å². The summed E-state index contributed by atoms with van der Waals surface area (Å²) in [5.41, 5.74) is 14.7. The second-order valence-electron chi connectivity index (χ2n) is 15.0. The average Bonchev–Trinajstić information content (AvgIpc) is 3.84. The number of aromatic nitrogens is 1. The Balaban J connectivity index is 1.21. The van der Waals surface area contributed by atoms with Crippen molar-refractivity contribution in [3.05, 3.63) is 193 Å². The molecule has 0 spiro atoms. The van der Waals surface area contributed by atoms with Gasteiger partial charge in [-0.2, -0.15) is 0 Å². The highest BCUT2D eigenvalue weighted by Gasteiger charge is 2.36. The molecule has 0 bridgehead atoms. The highest BCUT2D eigenvalue weighted by atomic mass is 32.1. The first kappa shape index (κ1) is 31.1. The van der Waals surface area contributed by atoms with E-state index in [2.05, 4.69) is 205 Å². The van der Waals surface area contributed by atoms with E-state index in [1.165, 1.54) is 81.0 Å². The van der Waals surface area contributed by atoms with E-state index in [9.17, 15) is 0 Å². The van der Waals surface area contributed by atoms with Crippen molar-refractivity contribution in [3.63, 3.8) is 0 Å². The molecule has 54 heavy (non-hydrogen) atoms. The molecular weight excluding hydrogens is 673 g/mol. The molecule has 0 amide bonds. The summed E-state index contributed by atoms with van der Waals surface area (Å²) in [6.45, 7) is 4.74. The van der Waals surface area contributed by atoms with Crippen LogP contribution in [0.15, 0.2) is 182 Å². The Hall–Kier alpha value is -6.42. The van der Waals surface area contributed by atoms with E-state index < -0.39 is 0 Å². The van der Waals surface area contributed by atoms with E-state index in [4.69, 9.17) is 0 Å². The standard InChI is InChI=1S/C51H36N2S/c1-51(2)44-20-10-6-16-38(44)39-29-28-36(31-45(39)51)52(35-26-24-34(25-27-35)33-14-4-3-5-15-33)48-32-37(30-43-42-19-9-13-23-49(42)54-50(43)48)53-46-21-11-7-17-40(46)41-18-8-12-22-47(41)53/h3-32H,1-2H3. The van der Waals surface area contributed by atoms with Crippen molar-refractivity contribution in [2.24, 2.45) is 0 Å². The van der Waals surface area contributed by atoms with Gasteiger partial charge in [-0.15, -0.1) is 11.3 Å². The fourth-order valence-electron chi connectivity index (χ4n) is 8.98. The first-order chi connectivity index (χ1) is 26.5. The van der Waals surface area contributed by atoms with Crippen molar-refractivity contribution >= 4 is 70.4 Å². The van der Waals surface area contributed by atoms with Gasteiger partial charge in [0.1, 0.15) is 0 Å². The van der Waals surface area contributed by atoms with Crippen molar-refractivity contribution in [3.8, 4) is 27.9 Å². The smallest absolute Gasteiger partial charge is 0.0661 e. The summed E-state index contributed by atoms with van der Waals surface area (Å²) in [4.78, 5) is 2.50. The highest BCUT2D eigenvalue weighted by molar-refractivity contribution is 7.26. The molecule has 0 fully saturated rings. The van der Waals surface area contributed by atoms with Crippen LogP contribution in [0.5, 0.6) is 0 Å². The fourth-order valence-corrected chi connectivity index (χ4v) is 10.2. The van der Waals surface area contributed by atoms with Gasteiger partial charge in [-0.05, 0) is 88.0 Å². The van der Waals surface area contributed by atoms with E-state index in [1.807, 2.05) is 11.3 Å². The Morgan fingerprint density at radius 3 is 1.81 bits per heavy atom. The molecule has 2 aromatic heterocycles. The Morgan fingerprint density at radius 2 is 1.06 bits per heavy atom. The predicted octanol–water partition coefficient (Wildman–Crippen LogP) is 14.6. The van der Waals surface area contributed by atoms with E-state index in [0.717, 1.165) is 17.1 Å². The van der Waals surface area contributed by atoms with E-state index in [0.29, 0.717) is 0 Å². The van der Waals surface area contributed by atoms with Gasteiger partial charge in [-0.3, -0.25) is 0 Å². The number of anilines is 3. The number of benzene rings is 8. The summed E-state index contributed by atoms with van der Waals surface area (Å²) in [7, 11) is 0. The van der Waals surface area contributed by atoms with Gasteiger partial charge in [0, 0.05) is 48.7 Å². The molecule has 0 saturated heterocycles. The maximum atomic E-state index is 2.50. The first-order valence-corrected chi connectivity index (χ1v) is 19.5. The topological polar surface area (TPSA) is 8.17 Å². The molecule has 2 nitrogen and oxygen atoms in total. The van der Waals surface area contributed by atoms with Crippen molar-refractivity contribution in [1.82, 2.24) is 4.57 Å². The van der Waals surface area contributed by atoms with Crippen LogP contribution in [-0.4, -0.2) is 4.57 Å². The van der Waals surface area contributed by atoms with Gasteiger partial charge in [0.2, 0.25) is 0 Å². The van der Waals surface area contributed by atoms with Crippen molar-refractivity contribution < 1.29 is 0 Å². The largest absolute Gasteiger partial charge is 0.309 e. The zero-order valence-electron chi connectivity index (χ0n) is 30.1. The molecule has 8 aromatic carbocycles. The number of hydrogen-bond donors (Lipinski definition) is 0. The van der Waals surface area contributed by atoms with Gasteiger partial charge in [-0.1, -0.05) is 141 Å². The van der Waals surface area contributed by atoms with E-state index in [-0.39, 0.29) is 5.41 Å². The number of rotatable bonds is 5.